The van der Waals surface area contributed by atoms with E-state index in [-0.39, 0.29) is 11.9 Å². The fourth-order valence-electron chi connectivity index (χ4n) is 2.82. The van der Waals surface area contributed by atoms with Crippen molar-refractivity contribution in [3.05, 3.63) is 42.1 Å². The Kier molecular flexibility index (Phi) is 3.64. The van der Waals surface area contributed by atoms with Crippen LogP contribution in [0.25, 0.3) is 5.69 Å². The van der Waals surface area contributed by atoms with E-state index in [4.69, 9.17) is 5.73 Å². The van der Waals surface area contributed by atoms with Gasteiger partial charge in [-0.1, -0.05) is 18.2 Å². The number of hydrogen-bond acceptors (Lipinski definition) is 3. The number of nitrogens with zero attached hydrogens (tertiary/aromatic N) is 3. The number of nitrogens with two attached hydrogens (primary N) is 1. The fraction of sp³-hybridized carbons (Fsp3) is 0.375. The lowest BCUT2D eigenvalue weighted by molar-refractivity contribution is 0.0629. The summed E-state index contributed by atoms with van der Waals surface area (Å²) in [4.78, 5) is 14.5. The molecule has 1 unspecified atom stereocenters. The number of para-hydroxylation sites is 1. The van der Waals surface area contributed by atoms with Crippen molar-refractivity contribution < 1.29 is 4.79 Å². The van der Waals surface area contributed by atoms with Gasteiger partial charge in [-0.3, -0.25) is 4.79 Å². The molecule has 1 amide bonds. The number of nitrogen functional groups attached to an aromatic ring is 1. The van der Waals surface area contributed by atoms with Crippen LogP contribution in [0.1, 0.15) is 36.7 Å². The minimum atomic E-state index is -0.0245. The van der Waals surface area contributed by atoms with Crippen molar-refractivity contribution in [2.45, 2.75) is 32.2 Å². The third-order valence-electron chi connectivity index (χ3n) is 4.02. The molecule has 5 heteroatoms. The normalized spacial score (nSPS) is 18.7. The second kappa shape index (κ2) is 5.60. The van der Waals surface area contributed by atoms with Gasteiger partial charge in [0.15, 0.2) is 5.69 Å². The van der Waals surface area contributed by atoms with Gasteiger partial charge in [0.2, 0.25) is 0 Å². The zero-order valence-electron chi connectivity index (χ0n) is 12.2. The summed E-state index contributed by atoms with van der Waals surface area (Å²) in [6.07, 6.45) is 3.30. The molecule has 5 nitrogen and oxygen atoms in total. The number of amides is 1. The molecule has 3 rings (SSSR count). The van der Waals surface area contributed by atoms with Crippen LogP contribution < -0.4 is 5.73 Å². The highest BCUT2D eigenvalue weighted by Gasteiger charge is 2.26. The lowest BCUT2D eigenvalue weighted by atomic mass is 10.0. The molecule has 0 saturated carbocycles. The predicted molar refractivity (Wildman–Crippen MR) is 82.3 cm³/mol. The highest BCUT2D eigenvalue weighted by Crippen LogP contribution is 2.21. The van der Waals surface area contributed by atoms with Gasteiger partial charge in [-0.05, 0) is 38.3 Å². The summed E-state index contributed by atoms with van der Waals surface area (Å²) in [5.74, 6) is 0.456. The Morgan fingerprint density at radius 2 is 2.05 bits per heavy atom. The van der Waals surface area contributed by atoms with Crippen molar-refractivity contribution in [3.63, 3.8) is 0 Å². The Balaban J connectivity index is 1.88. The van der Waals surface area contributed by atoms with Crippen LogP contribution >= 0.6 is 0 Å². The van der Waals surface area contributed by atoms with Crippen molar-refractivity contribution in [1.82, 2.24) is 14.7 Å². The van der Waals surface area contributed by atoms with E-state index in [1.807, 2.05) is 35.2 Å². The number of aromatic nitrogens is 2. The molecular weight excluding hydrogens is 264 g/mol. The maximum absolute atomic E-state index is 12.6. The molecule has 1 atom stereocenters. The van der Waals surface area contributed by atoms with Gasteiger partial charge in [0, 0.05) is 18.7 Å². The number of benzene rings is 1. The largest absolute Gasteiger partial charge is 0.384 e. The molecule has 2 heterocycles. The predicted octanol–water partition coefficient (Wildman–Crippen LogP) is 2.47. The molecule has 1 aliphatic heterocycles. The average Bonchev–Trinajstić information content (AvgIpc) is 2.90. The van der Waals surface area contributed by atoms with Crippen LogP contribution in [0.15, 0.2) is 36.4 Å². The number of rotatable bonds is 2. The third kappa shape index (κ3) is 2.63. The number of hydrogen-bond donors (Lipinski definition) is 1. The zero-order valence-corrected chi connectivity index (χ0v) is 12.2. The molecule has 1 fully saturated rings. The molecule has 2 N–H and O–H groups in total. The first-order valence-corrected chi connectivity index (χ1v) is 7.39. The van der Waals surface area contributed by atoms with E-state index < -0.39 is 0 Å². The Morgan fingerprint density at radius 1 is 1.29 bits per heavy atom. The second-order valence-electron chi connectivity index (χ2n) is 5.55. The first kappa shape index (κ1) is 13.7. The number of carbonyl (C=O) groups excluding carboxylic acids is 1. The van der Waals surface area contributed by atoms with Crippen molar-refractivity contribution in [1.29, 1.82) is 0 Å². The van der Waals surface area contributed by atoms with Crippen LogP contribution in [0.2, 0.25) is 0 Å². The van der Waals surface area contributed by atoms with Gasteiger partial charge in [-0.15, -0.1) is 0 Å². The van der Waals surface area contributed by atoms with E-state index in [1.165, 1.54) is 6.42 Å². The quantitative estimate of drug-likeness (QED) is 0.921. The highest BCUT2D eigenvalue weighted by atomic mass is 16.2. The molecule has 1 aliphatic rings. The fourth-order valence-corrected chi connectivity index (χ4v) is 2.82. The minimum Gasteiger partial charge on any atom is -0.384 e. The summed E-state index contributed by atoms with van der Waals surface area (Å²) in [7, 11) is 0. The molecule has 1 aromatic carbocycles. The van der Waals surface area contributed by atoms with Gasteiger partial charge in [-0.2, -0.15) is 5.10 Å². The summed E-state index contributed by atoms with van der Waals surface area (Å²) in [5.41, 5.74) is 7.29. The number of likely N-dealkylation sites (tertiary alicyclic amines) is 1. The molecule has 21 heavy (non-hydrogen) atoms. The summed E-state index contributed by atoms with van der Waals surface area (Å²) >= 11 is 0. The van der Waals surface area contributed by atoms with Crippen molar-refractivity contribution in [3.8, 4) is 5.69 Å². The summed E-state index contributed by atoms with van der Waals surface area (Å²) in [6.45, 7) is 2.90. The Bertz CT molecular complexity index is 635. The lowest BCUT2D eigenvalue weighted by Gasteiger charge is -2.32. The van der Waals surface area contributed by atoms with E-state index >= 15 is 0 Å². The summed E-state index contributed by atoms with van der Waals surface area (Å²) in [6, 6.07) is 11.5. The van der Waals surface area contributed by atoms with Crippen LogP contribution in [0.4, 0.5) is 5.82 Å². The van der Waals surface area contributed by atoms with E-state index in [2.05, 4.69) is 12.0 Å². The first-order valence-electron chi connectivity index (χ1n) is 7.39. The van der Waals surface area contributed by atoms with Crippen molar-refractivity contribution in [2.24, 2.45) is 0 Å². The topological polar surface area (TPSA) is 64.2 Å². The SMILES string of the molecule is CC1CCCCN1C(=O)c1cc(N)n(-c2ccccc2)n1. The van der Waals surface area contributed by atoms with E-state index in [0.717, 1.165) is 25.1 Å². The van der Waals surface area contributed by atoms with Crippen molar-refractivity contribution >= 4 is 11.7 Å². The standard InChI is InChI=1S/C16H20N4O/c1-12-7-5-6-10-19(12)16(21)14-11-15(17)20(18-14)13-8-3-2-4-9-13/h2-4,8-9,11-12H,5-7,10,17H2,1H3. The van der Waals surface area contributed by atoms with E-state index in [9.17, 15) is 4.79 Å². The van der Waals surface area contributed by atoms with Crippen LogP contribution in [0, 0.1) is 0 Å². The van der Waals surface area contributed by atoms with Gasteiger partial charge < -0.3 is 10.6 Å². The van der Waals surface area contributed by atoms with E-state index in [0.29, 0.717) is 11.5 Å². The van der Waals surface area contributed by atoms with Gasteiger partial charge in [0.05, 0.1) is 5.69 Å². The molecule has 0 bridgehead atoms. The molecule has 110 valence electrons. The van der Waals surface area contributed by atoms with E-state index in [1.54, 1.807) is 10.7 Å². The van der Waals surface area contributed by atoms with Crippen molar-refractivity contribution in [2.75, 3.05) is 12.3 Å². The first-order chi connectivity index (χ1) is 10.2. The van der Waals surface area contributed by atoms with Crippen LogP contribution in [-0.4, -0.2) is 33.2 Å². The Morgan fingerprint density at radius 3 is 2.76 bits per heavy atom. The van der Waals surface area contributed by atoms with Gasteiger partial charge >= 0.3 is 0 Å². The molecule has 0 spiro atoms. The maximum atomic E-state index is 12.6. The molecular formula is C16H20N4O. The number of anilines is 1. The maximum Gasteiger partial charge on any atom is 0.274 e. The minimum absolute atomic E-state index is 0.0245. The van der Waals surface area contributed by atoms with Gasteiger partial charge in [0.1, 0.15) is 5.82 Å². The highest BCUT2D eigenvalue weighted by molar-refractivity contribution is 5.93. The molecule has 2 aromatic rings. The monoisotopic (exact) mass is 284 g/mol. The molecule has 0 aliphatic carbocycles. The number of piperidine rings is 1. The van der Waals surface area contributed by atoms with Gasteiger partial charge in [0.25, 0.3) is 5.91 Å². The van der Waals surface area contributed by atoms with Crippen LogP contribution in [0.5, 0.6) is 0 Å². The Hall–Kier alpha value is -2.30. The second-order valence-corrected chi connectivity index (χ2v) is 5.55. The molecule has 1 saturated heterocycles. The lowest BCUT2D eigenvalue weighted by Crippen LogP contribution is -2.42. The van der Waals surface area contributed by atoms with Gasteiger partial charge in [-0.25, -0.2) is 4.68 Å². The molecule has 1 aromatic heterocycles. The molecule has 0 radical (unpaired) electrons. The zero-order chi connectivity index (χ0) is 14.8. The average molecular weight is 284 g/mol. The third-order valence-corrected chi connectivity index (χ3v) is 4.02. The number of carbonyl (C=O) groups is 1. The Labute approximate surface area is 124 Å². The van der Waals surface area contributed by atoms with Crippen LogP contribution in [-0.2, 0) is 0 Å². The van der Waals surface area contributed by atoms with Crippen LogP contribution in [0.3, 0.4) is 0 Å². The summed E-state index contributed by atoms with van der Waals surface area (Å²) < 4.78 is 1.61. The smallest absolute Gasteiger partial charge is 0.274 e. The summed E-state index contributed by atoms with van der Waals surface area (Å²) in [5, 5.41) is 4.39.